The Labute approximate surface area is 102 Å². The van der Waals surface area contributed by atoms with Crippen molar-refractivity contribution in [2.45, 2.75) is 0 Å². The van der Waals surface area contributed by atoms with Crippen LogP contribution in [0.2, 0.25) is 5.02 Å². The average molecular weight is 253 g/mol. The molecule has 0 atom stereocenters. The van der Waals surface area contributed by atoms with Gasteiger partial charge in [0.15, 0.2) is 5.69 Å². The molecule has 1 heterocycles. The highest BCUT2D eigenvalue weighted by atomic mass is 35.5. The summed E-state index contributed by atoms with van der Waals surface area (Å²) in [5.41, 5.74) is 6.27. The van der Waals surface area contributed by atoms with Crippen LogP contribution in [-0.4, -0.2) is 28.4 Å². The van der Waals surface area contributed by atoms with E-state index in [0.29, 0.717) is 22.0 Å². The number of rotatable bonds is 3. The van der Waals surface area contributed by atoms with Gasteiger partial charge in [-0.15, -0.1) is 0 Å². The largest absolute Gasteiger partial charge is 0.495 e. The van der Waals surface area contributed by atoms with Gasteiger partial charge >= 0.3 is 0 Å². The van der Waals surface area contributed by atoms with E-state index < -0.39 is 5.91 Å². The first-order valence-electron chi connectivity index (χ1n) is 4.68. The number of ether oxygens (including phenoxy) is 1. The van der Waals surface area contributed by atoms with E-state index in [2.05, 4.69) is 15.4 Å². The number of primary amides is 1. The number of H-pyrrole nitrogens is 1. The van der Waals surface area contributed by atoms with Gasteiger partial charge in [0.1, 0.15) is 11.4 Å². The number of hydrogen-bond acceptors (Lipinski definition) is 4. The fourth-order valence-corrected chi connectivity index (χ4v) is 1.61. The Bertz CT molecular complexity index is 567. The number of aromatic nitrogens is 3. The van der Waals surface area contributed by atoms with Gasteiger partial charge in [-0.2, -0.15) is 15.4 Å². The fourth-order valence-electron chi connectivity index (χ4n) is 1.41. The van der Waals surface area contributed by atoms with Gasteiger partial charge in [-0.25, -0.2) is 0 Å². The summed E-state index contributed by atoms with van der Waals surface area (Å²) < 4.78 is 5.08. The summed E-state index contributed by atoms with van der Waals surface area (Å²) in [6.45, 7) is 0. The minimum absolute atomic E-state index is 0.0781. The van der Waals surface area contributed by atoms with E-state index in [1.807, 2.05) is 0 Å². The van der Waals surface area contributed by atoms with Crippen LogP contribution in [0.3, 0.4) is 0 Å². The van der Waals surface area contributed by atoms with E-state index in [1.54, 1.807) is 18.2 Å². The highest BCUT2D eigenvalue weighted by molar-refractivity contribution is 6.32. The summed E-state index contributed by atoms with van der Waals surface area (Å²) in [7, 11) is 1.50. The number of carbonyl (C=O) groups excluding carboxylic acids is 1. The number of carbonyl (C=O) groups is 1. The number of methoxy groups -OCH3 is 1. The van der Waals surface area contributed by atoms with E-state index in [9.17, 15) is 4.79 Å². The zero-order valence-electron chi connectivity index (χ0n) is 8.90. The quantitative estimate of drug-likeness (QED) is 0.859. The van der Waals surface area contributed by atoms with Crippen LogP contribution in [0.25, 0.3) is 11.3 Å². The summed E-state index contributed by atoms with van der Waals surface area (Å²) in [5.74, 6) is -0.162. The Morgan fingerprint density at radius 3 is 2.88 bits per heavy atom. The number of nitrogens with one attached hydrogen (secondary N) is 1. The molecule has 0 spiro atoms. The molecule has 0 fully saturated rings. The molecule has 6 nitrogen and oxygen atoms in total. The number of benzene rings is 1. The molecule has 1 amide bonds. The van der Waals surface area contributed by atoms with E-state index in [-0.39, 0.29) is 5.69 Å². The normalized spacial score (nSPS) is 10.2. The van der Waals surface area contributed by atoms with Crippen LogP contribution < -0.4 is 10.5 Å². The monoisotopic (exact) mass is 252 g/mol. The van der Waals surface area contributed by atoms with Gasteiger partial charge in [-0.1, -0.05) is 17.7 Å². The second kappa shape index (κ2) is 4.42. The Kier molecular flexibility index (Phi) is 2.97. The lowest BCUT2D eigenvalue weighted by Gasteiger charge is -2.04. The van der Waals surface area contributed by atoms with Crippen LogP contribution in [-0.2, 0) is 0 Å². The predicted octanol–water partition coefficient (Wildman–Crippen LogP) is 1.23. The van der Waals surface area contributed by atoms with Gasteiger partial charge in [-0.05, 0) is 12.1 Å². The van der Waals surface area contributed by atoms with Crippen LogP contribution in [0.4, 0.5) is 0 Å². The molecule has 7 heteroatoms. The lowest BCUT2D eigenvalue weighted by molar-refractivity contribution is 0.0996. The van der Waals surface area contributed by atoms with Crippen LogP contribution in [0.5, 0.6) is 5.75 Å². The summed E-state index contributed by atoms with van der Waals surface area (Å²) in [5, 5.41) is 10.4. The third-order valence-electron chi connectivity index (χ3n) is 2.21. The molecule has 2 aromatic rings. The van der Waals surface area contributed by atoms with Crippen LogP contribution in [0.1, 0.15) is 10.5 Å². The standard InChI is InChI=1S/C10H9ClN4O2/c1-17-7-4-5(2-3-6(7)11)8-9(10(12)16)14-15-13-8/h2-4H,1H3,(H2,12,16)(H,13,14,15). The molecule has 0 aliphatic rings. The first-order valence-corrected chi connectivity index (χ1v) is 5.05. The van der Waals surface area contributed by atoms with Crippen molar-refractivity contribution in [2.24, 2.45) is 5.73 Å². The first kappa shape index (κ1) is 11.4. The molecule has 17 heavy (non-hydrogen) atoms. The number of hydrogen-bond donors (Lipinski definition) is 2. The molecule has 2 rings (SSSR count). The Hall–Kier alpha value is -2.08. The first-order chi connectivity index (χ1) is 8.13. The summed E-state index contributed by atoms with van der Waals surface area (Å²) in [6, 6.07) is 5.01. The van der Waals surface area contributed by atoms with Crippen molar-refractivity contribution in [1.82, 2.24) is 15.4 Å². The summed E-state index contributed by atoms with van der Waals surface area (Å²) in [6.07, 6.45) is 0. The molecule has 0 aliphatic carbocycles. The molecule has 0 unspecified atom stereocenters. The number of nitrogens with two attached hydrogens (primary N) is 1. The fraction of sp³-hybridized carbons (Fsp3) is 0.100. The average Bonchev–Trinajstić information content (AvgIpc) is 2.78. The van der Waals surface area contributed by atoms with Crippen molar-refractivity contribution < 1.29 is 9.53 Å². The Balaban J connectivity index is 2.53. The number of nitrogens with zero attached hydrogens (tertiary/aromatic N) is 2. The van der Waals surface area contributed by atoms with E-state index >= 15 is 0 Å². The number of halogens is 1. The molecule has 88 valence electrons. The lowest BCUT2D eigenvalue weighted by atomic mass is 10.1. The maximum Gasteiger partial charge on any atom is 0.271 e. The van der Waals surface area contributed by atoms with E-state index in [4.69, 9.17) is 22.1 Å². The molecule has 0 bridgehead atoms. The highest BCUT2D eigenvalue weighted by Gasteiger charge is 2.16. The molecule has 1 aromatic heterocycles. The Morgan fingerprint density at radius 1 is 1.47 bits per heavy atom. The Morgan fingerprint density at radius 2 is 2.24 bits per heavy atom. The van der Waals surface area contributed by atoms with Gasteiger partial charge in [0.2, 0.25) is 0 Å². The molecule has 1 aromatic carbocycles. The van der Waals surface area contributed by atoms with Crippen LogP contribution >= 0.6 is 11.6 Å². The molecular formula is C10H9ClN4O2. The van der Waals surface area contributed by atoms with Gasteiger partial charge in [-0.3, -0.25) is 4.79 Å². The van der Waals surface area contributed by atoms with Gasteiger partial charge < -0.3 is 10.5 Å². The van der Waals surface area contributed by atoms with Crippen LogP contribution in [0, 0.1) is 0 Å². The molecule has 0 saturated carbocycles. The topological polar surface area (TPSA) is 93.9 Å². The van der Waals surface area contributed by atoms with Crippen molar-refractivity contribution in [1.29, 1.82) is 0 Å². The van der Waals surface area contributed by atoms with E-state index in [1.165, 1.54) is 7.11 Å². The van der Waals surface area contributed by atoms with E-state index in [0.717, 1.165) is 0 Å². The predicted molar refractivity (Wildman–Crippen MR) is 61.9 cm³/mol. The van der Waals surface area contributed by atoms with Crippen LogP contribution in [0.15, 0.2) is 18.2 Å². The zero-order valence-corrected chi connectivity index (χ0v) is 9.65. The molecule has 0 aliphatic heterocycles. The molecule has 3 N–H and O–H groups in total. The maximum absolute atomic E-state index is 11.1. The summed E-state index contributed by atoms with van der Waals surface area (Å²) in [4.78, 5) is 11.1. The second-order valence-corrected chi connectivity index (χ2v) is 3.64. The zero-order chi connectivity index (χ0) is 12.4. The maximum atomic E-state index is 11.1. The number of amides is 1. The lowest BCUT2D eigenvalue weighted by Crippen LogP contribution is -2.12. The molecule has 0 saturated heterocycles. The van der Waals surface area contributed by atoms with Gasteiger partial charge in [0, 0.05) is 5.56 Å². The second-order valence-electron chi connectivity index (χ2n) is 3.23. The third kappa shape index (κ3) is 2.07. The van der Waals surface area contributed by atoms with Crippen molar-refractivity contribution in [3.63, 3.8) is 0 Å². The van der Waals surface area contributed by atoms with Crippen molar-refractivity contribution in [3.05, 3.63) is 28.9 Å². The minimum atomic E-state index is -0.650. The highest BCUT2D eigenvalue weighted by Crippen LogP contribution is 2.30. The number of aromatic amines is 1. The minimum Gasteiger partial charge on any atom is -0.495 e. The van der Waals surface area contributed by atoms with Crippen molar-refractivity contribution >= 4 is 17.5 Å². The molecule has 0 radical (unpaired) electrons. The van der Waals surface area contributed by atoms with Crippen molar-refractivity contribution in [2.75, 3.05) is 7.11 Å². The van der Waals surface area contributed by atoms with Crippen molar-refractivity contribution in [3.8, 4) is 17.0 Å². The smallest absolute Gasteiger partial charge is 0.271 e. The molecular weight excluding hydrogens is 244 g/mol. The summed E-state index contributed by atoms with van der Waals surface area (Å²) >= 11 is 5.90. The SMILES string of the molecule is COc1cc(-c2n[nH]nc2C(N)=O)ccc1Cl. The third-order valence-corrected chi connectivity index (χ3v) is 2.52. The van der Waals surface area contributed by atoms with Gasteiger partial charge in [0.25, 0.3) is 5.91 Å². The van der Waals surface area contributed by atoms with Gasteiger partial charge in [0.05, 0.1) is 12.1 Å².